The van der Waals surface area contributed by atoms with Gasteiger partial charge in [0, 0.05) is 12.1 Å². The quantitative estimate of drug-likeness (QED) is 0.603. The lowest BCUT2D eigenvalue weighted by atomic mass is 10.0. The highest BCUT2D eigenvalue weighted by atomic mass is 15.1. The van der Waals surface area contributed by atoms with E-state index in [9.17, 15) is 0 Å². The van der Waals surface area contributed by atoms with Crippen LogP contribution in [0.4, 0.5) is 0 Å². The molecule has 0 saturated carbocycles. The van der Waals surface area contributed by atoms with E-state index in [0.717, 1.165) is 5.92 Å². The van der Waals surface area contributed by atoms with Crippen molar-refractivity contribution in [1.29, 1.82) is 0 Å². The SMILES string of the molecule is CCN(CC)CCCC(C)NC(C)CCC(C)C. The number of nitrogens with one attached hydrogen (secondary N) is 1. The third kappa shape index (κ3) is 9.90. The zero-order chi connectivity index (χ0) is 14.0. The van der Waals surface area contributed by atoms with Gasteiger partial charge in [0.2, 0.25) is 0 Å². The van der Waals surface area contributed by atoms with E-state index < -0.39 is 0 Å². The third-order valence-electron chi connectivity index (χ3n) is 3.75. The second-order valence-electron chi connectivity index (χ2n) is 6.11. The maximum absolute atomic E-state index is 3.73. The molecule has 2 heteroatoms. The lowest BCUT2D eigenvalue weighted by Gasteiger charge is -2.22. The van der Waals surface area contributed by atoms with E-state index in [0.29, 0.717) is 12.1 Å². The molecule has 2 atom stereocenters. The Morgan fingerprint density at radius 1 is 0.833 bits per heavy atom. The first-order chi connectivity index (χ1) is 8.49. The molecule has 1 N–H and O–H groups in total. The molecule has 0 heterocycles. The van der Waals surface area contributed by atoms with Gasteiger partial charge in [-0.25, -0.2) is 0 Å². The predicted octanol–water partition coefficient (Wildman–Crippen LogP) is 3.91. The van der Waals surface area contributed by atoms with Crippen LogP contribution < -0.4 is 5.32 Å². The van der Waals surface area contributed by atoms with Gasteiger partial charge in [0.25, 0.3) is 0 Å². The monoisotopic (exact) mass is 256 g/mol. The van der Waals surface area contributed by atoms with Crippen LogP contribution in [0, 0.1) is 5.92 Å². The van der Waals surface area contributed by atoms with Crippen molar-refractivity contribution in [3.63, 3.8) is 0 Å². The van der Waals surface area contributed by atoms with E-state index in [4.69, 9.17) is 0 Å². The molecule has 110 valence electrons. The molecule has 0 bridgehead atoms. The van der Waals surface area contributed by atoms with Crippen LogP contribution in [0.1, 0.15) is 67.2 Å². The average molecular weight is 256 g/mol. The van der Waals surface area contributed by atoms with Gasteiger partial charge >= 0.3 is 0 Å². The molecule has 0 fully saturated rings. The molecule has 0 aliphatic carbocycles. The van der Waals surface area contributed by atoms with E-state index in [-0.39, 0.29) is 0 Å². The van der Waals surface area contributed by atoms with Crippen molar-refractivity contribution >= 4 is 0 Å². The highest BCUT2D eigenvalue weighted by Gasteiger charge is 2.08. The standard InChI is InChI=1S/C16H36N2/c1-7-18(8-2)13-9-10-15(5)17-16(6)12-11-14(3)4/h14-17H,7-13H2,1-6H3. The molecule has 0 saturated heterocycles. The third-order valence-corrected chi connectivity index (χ3v) is 3.75. The Bertz CT molecular complexity index is 176. The molecular weight excluding hydrogens is 220 g/mol. The number of hydrogen-bond donors (Lipinski definition) is 1. The van der Waals surface area contributed by atoms with E-state index >= 15 is 0 Å². The Balaban J connectivity index is 3.60. The molecule has 0 aromatic heterocycles. The van der Waals surface area contributed by atoms with Gasteiger partial charge in [-0.1, -0.05) is 27.7 Å². The molecule has 0 rings (SSSR count). The van der Waals surface area contributed by atoms with Crippen LogP contribution >= 0.6 is 0 Å². The minimum atomic E-state index is 0.655. The smallest absolute Gasteiger partial charge is 0.00416 e. The summed E-state index contributed by atoms with van der Waals surface area (Å²) in [5.74, 6) is 0.826. The number of hydrogen-bond acceptors (Lipinski definition) is 2. The molecule has 0 aliphatic rings. The first-order valence-corrected chi connectivity index (χ1v) is 7.97. The fraction of sp³-hybridized carbons (Fsp3) is 1.00. The Morgan fingerprint density at radius 3 is 1.89 bits per heavy atom. The van der Waals surface area contributed by atoms with Gasteiger partial charge < -0.3 is 10.2 Å². The summed E-state index contributed by atoms with van der Waals surface area (Å²) in [7, 11) is 0. The summed E-state index contributed by atoms with van der Waals surface area (Å²) in [4.78, 5) is 2.51. The van der Waals surface area contributed by atoms with Crippen LogP contribution in [0.25, 0.3) is 0 Å². The molecule has 0 spiro atoms. The van der Waals surface area contributed by atoms with Gasteiger partial charge in [-0.15, -0.1) is 0 Å². The van der Waals surface area contributed by atoms with Crippen molar-refractivity contribution in [2.24, 2.45) is 5.92 Å². The zero-order valence-electron chi connectivity index (χ0n) is 13.6. The van der Waals surface area contributed by atoms with Crippen LogP contribution in [0.3, 0.4) is 0 Å². The average Bonchev–Trinajstić information content (AvgIpc) is 2.32. The Kier molecular flexibility index (Phi) is 10.8. The minimum Gasteiger partial charge on any atom is -0.312 e. The summed E-state index contributed by atoms with van der Waals surface area (Å²) in [6.07, 6.45) is 5.24. The topological polar surface area (TPSA) is 15.3 Å². The van der Waals surface area contributed by atoms with Gasteiger partial charge in [0.15, 0.2) is 0 Å². The van der Waals surface area contributed by atoms with Crippen LogP contribution in [-0.4, -0.2) is 36.6 Å². The summed E-state index contributed by atoms with van der Waals surface area (Å²) in [5.41, 5.74) is 0. The summed E-state index contributed by atoms with van der Waals surface area (Å²) >= 11 is 0. The van der Waals surface area contributed by atoms with Crippen LogP contribution in [0.2, 0.25) is 0 Å². The van der Waals surface area contributed by atoms with E-state index in [1.807, 2.05) is 0 Å². The zero-order valence-corrected chi connectivity index (χ0v) is 13.6. The van der Waals surface area contributed by atoms with Crippen molar-refractivity contribution in [3.8, 4) is 0 Å². The Morgan fingerprint density at radius 2 is 1.39 bits per heavy atom. The first kappa shape index (κ1) is 17.9. The van der Waals surface area contributed by atoms with E-state index in [1.165, 1.54) is 45.3 Å². The molecule has 0 amide bonds. The molecule has 18 heavy (non-hydrogen) atoms. The normalized spacial score (nSPS) is 15.3. The summed E-state index contributed by atoms with van der Waals surface area (Å²) in [5, 5.41) is 3.73. The second-order valence-corrected chi connectivity index (χ2v) is 6.11. The fourth-order valence-corrected chi connectivity index (χ4v) is 2.40. The molecule has 2 unspecified atom stereocenters. The van der Waals surface area contributed by atoms with Gasteiger partial charge in [0.05, 0.1) is 0 Å². The predicted molar refractivity (Wildman–Crippen MR) is 83.2 cm³/mol. The van der Waals surface area contributed by atoms with E-state index in [2.05, 4.69) is 51.8 Å². The molecular formula is C16H36N2. The summed E-state index contributed by atoms with van der Waals surface area (Å²) < 4.78 is 0. The van der Waals surface area contributed by atoms with Crippen molar-refractivity contribution in [2.45, 2.75) is 79.3 Å². The van der Waals surface area contributed by atoms with Crippen LogP contribution in [0.15, 0.2) is 0 Å². The molecule has 0 aliphatic heterocycles. The second kappa shape index (κ2) is 10.8. The lowest BCUT2D eigenvalue weighted by Crippen LogP contribution is -2.35. The lowest BCUT2D eigenvalue weighted by molar-refractivity contribution is 0.287. The van der Waals surface area contributed by atoms with Crippen LogP contribution in [-0.2, 0) is 0 Å². The first-order valence-electron chi connectivity index (χ1n) is 7.97. The number of rotatable bonds is 11. The van der Waals surface area contributed by atoms with Gasteiger partial charge in [-0.05, 0) is 65.1 Å². The molecule has 0 aromatic carbocycles. The minimum absolute atomic E-state index is 0.655. The fourth-order valence-electron chi connectivity index (χ4n) is 2.40. The van der Waals surface area contributed by atoms with Crippen LogP contribution in [0.5, 0.6) is 0 Å². The molecule has 2 nitrogen and oxygen atoms in total. The largest absolute Gasteiger partial charge is 0.312 e. The van der Waals surface area contributed by atoms with E-state index in [1.54, 1.807) is 0 Å². The van der Waals surface area contributed by atoms with Crippen molar-refractivity contribution in [3.05, 3.63) is 0 Å². The van der Waals surface area contributed by atoms with Gasteiger partial charge in [-0.2, -0.15) is 0 Å². The van der Waals surface area contributed by atoms with Crippen molar-refractivity contribution < 1.29 is 0 Å². The molecule has 0 radical (unpaired) electrons. The van der Waals surface area contributed by atoms with Crippen molar-refractivity contribution in [1.82, 2.24) is 10.2 Å². The maximum atomic E-state index is 3.73. The Hall–Kier alpha value is -0.0800. The van der Waals surface area contributed by atoms with Gasteiger partial charge in [-0.3, -0.25) is 0 Å². The highest BCUT2D eigenvalue weighted by Crippen LogP contribution is 2.08. The van der Waals surface area contributed by atoms with Gasteiger partial charge in [0.1, 0.15) is 0 Å². The maximum Gasteiger partial charge on any atom is 0.00416 e. The Labute approximate surface area is 116 Å². The summed E-state index contributed by atoms with van der Waals surface area (Å²) in [6, 6.07) is 1.32. The summed E-state index contributed by atoms with van der Waals surface area (Å²) in [6.45, 7) is 17.4. The van der Waals surface area contributed by atoms with Crippen molar-refractivity contribution in [2.75, 3.05) is 19.6 Å². The molecule has 0 aromatic rings. The number of nitrogens with zero attached hydrogens (tertiary/aromatic N) is 1. The highest BCUT2D eigenvalue weighted by molar-refractivity contribution is 4.69.